The van der Waals surface area contributed by atoms with Gasteiger partial charge in [-0.1, -0.05) is 0 Å². The molecule has 2 rings (SSSR count). The summed E-state index contributed by atoms with van der Waals surface area (Å²) in [5.41, 5.74) is 4.60. The Kier molecular flexibility index (Phi) is 3.84. The Bertz CT molecular complexity index is 611. The maximum Gasteiger partial charge on any atom is 0.256 e. The molecule has 0 radical (unpaired) electrons. The first-order chi connectivity index (χ1) is 9.35. The van der Waals surface area contributed by atoms with Crippen molar-refractivity contribution in [2.75, 3.05) is 5.32 Å². The van der Waals surface area contributed by atoms with Crippen LogP contribution >= 0.6 is 11.6 Å². The summed E-state index contributed by atoms with van der Waals surface area (Å²) >= 11 is 5.87. The number of hydrogen-bond acceptors (Lipinski definition) is 6. The lowest BCUT2D eigenvalue weighted by Gasteiger charge is -2.24. The molecule has 0 unspecified atom stereocenters. The first-order valence-corrected chi connectivity index (χ1v) is 6.22. The molecule has 2 heterocycles. The number of hydrogen-bond donors (Lipinski definition) is 2. The number of carbonyl (C=O) groups excluding carboxylic acids is 1. The standard InChI is InChI=1S/C11H14ClN7O/c1-11(2,6-7(13)20)18-9-15-8(12)16-10(17-9)19-5-3-4-14-19/h3-5H,6H2,1-2H3,(H2,13,20)(H,15,16,17,18). The van der Waals surface area contributed by atoms with Gasteiger partial charge in [-0.05, 0) is 31.5 Å². The Hall–Kier alpha value is -2.22. The maximum atomic E-state index is 11.0. The van der Waals surface area contributed by atoms with E-state index in [0.29, 0.717) is 0 Å². The molecule has 3 N–H and O–H groups in total. The summed E-state index contributed by atoms with van der Waals surface area (Å²) in [6.07, 6.45) is 3.42. The van der Waals surface area contributed by atoms with Crippen LogP contribution in [-0.4, -0.2) is 36.2 Å². The van der Waals surface area contributed by atoms with E-state index < -0.39 is 11.4 Å². The second kappa shape index (κ2) is 5.41. The number of halogens is 1. The molecule has 0 aliphatic heterocycles. The number of rotatable bonds is 5. The van der Waals surface area contributed by atoms with Crippen molar-refractivity contribution in [3.63, 3.8) is 0 Å². The van der Waals surface area contributed by atoms with Crippen molar-refractivity contribution in [2.45, 2.75) is 25.8 Å². The number of carbonyl (C=O) groups is 1. The molecular weight excluding hydrogens is 282 g/mol. The minimum atomic E-state index is -0.599. The number of amides is 1. The molecule has 0 atom stereocenters. The van der Waals surface area contributed by atoms with Crippen molar-refractivity contribution in [1.82, 2.24) is 24.7 Å². The van der Waals surface area contributed by atoms with Crippen molar-refractivity contribution < 1.29 is 4.79 Å². The lowest BCUT2D eigenvalue weighted by atomic mass is 10.0. The van der Waals surface area contributed by atoms with Crippen LogP contribution in [0.1, 0.15) is 20.3 Å². The highest BCUT2D eigenvalue weighted by Gasteiger charge is 2.22. The zero-order chi connectivity index (χ0) is 14.8. The van der Waals surface area contributed by atoms with E-state index in [1.54, 1.807) is 18.5 Å². The second-order valence-electron chi connectivity index (χ2n) is 4.83. The summed E-state index contributed by atoms with van der Waals surface area (Å²) in [4.78, 5) is 23.2. The lowest BCUT2D eigenvalue weighted by Crippen LogP contribution is -2.36. The van der Waals surface area contributed by atoms with Gasteiger partial charge in [0.25, 0.3) is 5.95 Å². The number of aromatic nitrogens is 5. The Morgan fingerprint density at radius 1 is 1.45 bits per heavy atom. The molecule has 2 aromatic heterocycles. The SMILES string of the molecule is CC(C)(CC(N)=O)Nc1nc(Cl)nc(-n2cccn2)n1. The minimum Gasteiger partial charge on any atom is -0.370 e. The van der Waals surface area contributed by atoms with Crippen LogP contribution in [0.4, 0.5) is 5.95 Å². The van der Waals surface area contributed by atoms with E-state index >= 15 is 0 Å². The number of nitrogens with one attached hydrogen (secondary N) is 1. The molecule has 2 aromatic rings. The van der Waals surface area contributed by atoms with E-state index in [0.717, 1.165) is 0 Å². The molecule has 0 aromatic carbocycles. The molecule has 0 aliphatic carbocycles. The van der Waals surface area contributed by atoms with Crippen molar-refractivity contribution in [3.8, 4) is 5.95 Å². The molecule has 0 fully saturated rings. The van der Waals surface area contributed by atoms with E-state index in [4.69, 9.17) is 17.3 Å². The highest BCUT2D eigenvalue weighted by atomic mass is 35.5. The van der Waals surface area contributed by atoms with Gasteiger partial charge in [-0.2, -0.15) is 20.1 Å². The fraction of sp³-hybridized carbons (Fsp3) is 0.364. The van der Waals surface area contributed by atoms with Gasteiger partial charge < -0.3 is 11.1 Å². The molecule has 9 heteroatoms. The van der Waals surface area contributed by atoms with Crippen molar-refractivity contribution in [1.29, 1.82) is 0 Å². The maximum absolute atomic E-state index is 11.0. The van der Waals surface area contributed by atoms with Crippen molar-refractivity contribution >= 4 is 23.5 Å². The summed E-state index contributed by atoms with van der Waals surface area (Å²) < 4.78 is 1.46. The van der Waals surface area contributed by atoms with E-state index in [9.17, 15) is 4.79 Å². The molecule has 20 heavy (non-hydrogen) atoms. The third kappa shape index (κ3) is 3.64. The largest absolute Gasteiger partial charge is 0.370 e. The van der Waals surface area contributed by atoms with E-state index in [1.165, 1.54) is 4.68 Å². The van der Waals surface area contributed by atoms with Crippen LogP contribution in [0, 0.1) is 0 Å². The molecule has 0 aliphatic rings. The predicted molar refractivity (Wildman–Crippen MR) is 73.5 cm³/mol. The third-order valence-electron chi connectivity index (χ3n) is 2.37. The lowest BCUT2D eigenvalue weighted by molar-refractivity contribution is -0.118. The molecule has 1 amide bonds. The molecule has 106 valence electrons. The topological polar surface area (TPSA) is 112 Å². The van der Waals surface area contributed by atoms with Crippen molar-refractivity contribution in [3.05, 3.63) is 23.7 Å². The molecule has 0 spiro atoms. The fourth-order valence-corrected chi connectivity index (χ4v) is 1.82. The van der Waals surface area contributed by atoms with Gasteiger partial charge in [-0.15, -0.1) is 0 Å². The Labute approximate surface area is 120 Å². The zero-order valence-electron chi connectivity index (χ0n) is 11.0. The van der Waals surface area contributed by atoms with Crippen LogP contribution in [0.15, 0.2) is 18.5 Å². The molecule has 8 nitrogen and oxygen atoms in total. The molecular formula is C11H14ClN7O. The molecule has 0 bridgehead atoms. The Balaban J connectivity index is 2.27. The number of nitrogens with two attached hydrogens (primary N) is 1. The fourth-order valence-electron chi connectivity index (χ4n) is 1.67. The van der Waals surface area contributed by atoms with Gasteiger partial charge in [0.2, 0.25) is 17.1 Å². The van der Waals surface area contributed by atoms with Crippen LogP contribution < -0.4 is 11.1 Å². The third-order valence-corrected chi connectivity index (χ3v) is 2.54. The summed E-state index contributed by atoms with van der Waals surface area (Å²) in [6.45, 7) is 3.62. The minimum absolute atomic E-state index is 0.0304. The van der Waals surface area contributed by atoms with Crippen LogP contribution in [0.5, 0.6) is 0 Å². The van der Waals surface area contributed by atoms with E-state index in [2.05, 4.69) is 25.4 Å². The summed E-state index contributed by atoms with van der Waals surface area (Å²) in [5.74, 6) is 0.115. The molecule has 0 saturated carbocycles. The monoisotopic (exact) mass is 295 g/mol. The van der Waals surface area contributed by atoms with Gasteiger partial charge in [-0.3, -0.25) is 4.79 Å². The summed E-state index contributed by atoms with van der Waals surface area (Å²) in [5, 5.41) is 7.05. The van der Waals surface area contributed by atoms with Crippen LogP contribution in [0.25, 0.3) is 5.95 Å². The average molecular weight is 296 g/mol. The number of primary amides is 1. The molecule has 0 saturated heterocycles. The van der Waals surface area contributed by atoms with Crippen LogP contribution in [0.3, 0.4) is 0 Å². The van der Waals surface area contributed by atoms with Gasteiger partial charge in [0.15, 0.2) is 0 Å². The van der Waals surface area contributed by atoms with Crippen LogP contribution in [0.2, 0.25) is 5.28 Å². The zero-order valence-corrected chi connectivity index (χ0v) is 11.8. The predicted octanol–water partition coefficient (Wildman–Crippen LogP) is 0.777. The Morgan fingerprint density at radius 3 is 2.80 bits per heavy atom. The summed E-state index contributed by atoms with van der Waals surface area (Å²) in [6, 6.07) is 1.74. The average Bonchev–Trinajstić information content (AvgIpc) is 2.78. The van der Waals surface area contributed by atoms with Gasteiger partial charge in [-0.25, -0.2) is 4.68 Å². The Morgan fingerprint density at radius 2 is 2.20 bits per heavy atom. The quantitative estimate of drug-likeness (QED) is 0.843. The van der Waals surface area contributed by atoms with Crippen molar-refractivity contribution in [2.24, 2.45) is 5.73 Å². The summed E-state index contributed by atoms with van der Waals surface area (Å²) in [7, 11) is 0. The van der Waals surface area contributed by atoms with Crippen LogP contribution in [-0.2, 0) is 4.79 Å². The van der Waals surface area contributed by atoms with E-state index in [1.807, 2.05) is 13.8 Å². The van der Waals surface area contributed by atoms with Gasteiger partial charge in [0, 0.05) is 24.4 Å². The smallest absolute Gasteiger partial charge is 0.256 e. The first-order valence-electron chi connectivity index (χ1n) is 5.84. The highest BCUT2D eigenvalue weighted by Crippen LogP contribution is 2.16. The number of anilines is 1. The van der Waals surface area contributed by atoms with Gasteiger partial charge in [0.1, 0.15) is 0 Å². The van der Waals surface area contributed by atoms with E-state index in [-0.39, 0.29) is 23.6 Å². The van der Waals surface area contributed by atoms with Gasteiger partial charge >= 0.3 is 0 Å². The normalized spacial score (nSPS) is 11.3. The van der Waals surface area contributed by atoms with Gasteiger partial charge in [0.05, 0.1) is 0 Å². The highest BCUT2D eigenvalue weighted by molar-refractivity contribution is 6.28. The number of nitrogens with zero attached hydrogens (tertiary/aromatic N) is 5. The second-order valence-corrected chi connectivity index (χ2v) is 5.17. The first kappa shape index (κ1) is 14.2.